The molecule has 0 aliphatic rings. The maximum atomic E-state index is 13.2. The second-order valence-electron chi connectivity index (χ2n) is 7.68. The molecule has 2 amide bonds. The summed E-state index contributed by atoms with van der Waals surface area (Å²) in [6.07, 6.45) is 2.02. The fourth-order valence-electron chi connectivity index (χ4n) is 3.16. The van der Waals surface area contributed by atoms with Crippen LogP contribution in [0.3, 0.4) is 0 Å². The maximum Gasteiger partial charge on any atom is 0.247 e. The van der Waals surface area contributed by atoms with Crippen molar-refractivity contribution in [3.63, 3.8) is 0 Å². The number of halogens is 1. The van der Waals surface area contributed by atoms with Crippen LogP contribution >= 0.6 is 11.6 Å². The fraction of sp³-hybridized carbons (Fsp3) is 0.417. The molecule has 1 atom stereocenters. The van der Waals surface area contributed by atoms with E-state index in [1.54, 1.807) is 17.0 Å². The fourth-order valence-corrected chi connectivity index (χ4v) is 3.28. The molecule has 0 heterocycles. The minimum absolute atomic E-state index is 0.0321. The topological polar surface area (TPSA) is 49.4 Å². The third-order valence-corrected chi connectivity index (χ3v) is 5.00. The minimum atomic E-state index is -0.668. The molecule has 0 fully saturated rings. The number of nitrogens with zero attached hydrogens (tertiary/aromatic N) is 1. The van der Waals surface area contributed by atoms with Crippen LogP contribution in [0.15, 0.2) is 54.6 Å². The zero-order valence-electron chi connectivity index (χ0n) is 17.5. The van der Waals surface area contributed by atoms with Crippen LogP contribution in [0.2, 0.25) is 5.02 Å². The molecule has 5 heteroatoms. The molecule has 0 spiro atoms. The largest absolute Gasteiger partial charge is 0.354 e. The van der Waals surface area contributed by atoms with Crippen LogP contribution in [0.4, 0.5) is 0 Å². The molecule has 0 aliphatic heterocycles. The highest BCUT2D eigenvalue weighted by Crippen LogP contribution is 2.25. The van der Waals surface area contributed by atoms with Crippen molar-refractivity contribution >= 4 is 23.4 Å². The van der Waals surface area contributed by atoms with E-state index in [-0.39, 0.29) is 11.8 Å². The summed E-state index contributed by atoms with van der Waals surface area (Å²) in [5.41, 5.74) is 1.75. The van der Waals surface area contributed by atoms with Gasteiger partial charge in [0.05, 0.1) is 0 Å². The van der Waals surface area contributed by atoms with Gasteiger partial charge >= 0.3 is 0 Å². The monoisotopic (exact) mass is 414 g/mol. The molecular formula is C24H31ClN2O2. The predicted octanol–water partition coefficient (Wildman–Crippen LogP) is 5.37. The average molecular weight is 415 g/mol. The Labute approximate surface area is 179 Å². The van der Waals surface area contributed by atoms with Gasteiger partial charge in [-0.25, -0.2) is 0 Å². The van der Waals surface area contributed by atoms with Crippen molar-refractivity contribution in [1.29, 1.82) is 0 Å². The summed E-state index contributed by atoms with van der Waals surface area (Å²) < 4.78 is 0. The van der Waals surface area contributed by atoms with Gasteiger partial charge in [-0.05, 0) is 42.0 Å². The third kappa shape index (κ3) is 7.21. The van der Waals surface area contributed by atoms with Crippen molar-refractivity contribution in [3.05, 3.63) is 70.7 Å². The molecule has 0 saturated heterocycles. The maximum absolute atomic E-state index is 13.2. The number of benzene rings is 2. The van der Waals surface area contributed by atoms with Crippen LogP contribution in [0, 0.1) is 5.92 Å². The molecule has 2 aromatic carbocycles. The minimum Gasteiger partial charge on any atom is -0.354 e. The first-order chi connectivity index (χ1) is 13.9. The molecule has 1 unspecified atom stereocenters. The van der Waals surface area contributed by atoms with Crippen LogP contribution in [-0.4, -0.2) is 23.3 Å². The van der Waals surface area contributed by atoms with Crippen LogP contribution in [0.5, 0.6) is 0 Å². The van der Waals surface area contributed by atoms with E-state index < -0.39 is 6.04 Å². The number of nitrogens with one attached hydrogen (secondary N) is 1. The van der Waals surface area contributed by atoms with E-state index in [2.05, 4.69) is 19.2 Å². The van der Waals surface area contributed by atoms with Gasteiger partial charge in [0, 0.05) is 24.5 Å². The molecule has 0 bridgehead atoms. The number of hydrogen-bond donors (Lipinski definition) is 1. The van der Waals surface area contributed by atoms with Crippen molar-refractivity contribution in [1.82, 2.24) is 10.2 Å². The molecule has 0 saturated carbocycles. The quantitative estimate of drug-likeness (QED) is 0.568. The van der Waals surface area contributed by atoms with Crippen molar-refractivity contribution in [2.24, 2.45) is 5.92 Å². The van der Waals surface area contributed by atoms with Crippen molar-refractivity contribution in [3.8, 4) is 0 Å². The molecule has 1 N–H and O–H groups in total. The van der Waals surface area contributed by atoms with Crippen molar-refractivity contribution in [2.75, 3.05) is 6.54 Å². The zero-order valence-corrected chi connectivity index (χ0v) is 18.3. The Morgan fingerprint density at radius 2 is 1.69 bits per heavy atom. The molecule has 0 aromatic heterocycles. The first-order valence-corrected chi connectivity index (χ1v) is 10.7. The SMILES string of the molecule is CCCC(=O)N(Cc1ccc(Cl)cc1)C(C(=O)NCCC(C)C)c1ccccc1. The Bertz CT molecular complexity index is 775. The van der Waals surface area contributed by atoms with Gasteiger partial charge in [-0.15, -0.1) is 0 Å². The molecule has 0 aliphatic carbocycles. The normalized spacial score (nSPS) is 11.9. The second kappa shape index (κ2) is 11.6. The number of carbonyl (C=O) groups excluding carboxylic acids is 2. The van der Waals surface area contributed by atoms with E-state index in [0.717, 1.165) is 24.0 Å². The summed E-state index contributed by atoms with van der Waals surface area (Å²) in [4.78, 5) is 27.9. The first kappa shape index (κ1) is 23.0. The molecule has 29 heavy (non-hydrogen) atoms. The Balaban J connectivity index is 2.35. The summed E-state index contributed by atoms with van der Waals surface area (Å²) in [5, 5.41) is 3.68. The lowest BCUT2D eigenvalue weighted by Crippen LogP contribution is -2.43. The van der Waals surface area contributed by atoms with Gasteiger partial charge in [-0.1, -0.05) is 74.8 Å². The van der Waals surface area contributed by atoms with Gasteiger partial charge in [0.25, 0.3) is 0 Å². The molecular weight excluding hydrogens is 384 g/mol. The lowest BCUT2D eigenvalue weighted by atomic mass is 10.0. The van der Waals surface area contributed by atoms with Crippen LogP contribution in [0.25, 0.3) is 0 Å². The Morgan fingerprint density at radius 3 is 2.28 bits per heavy atom. The Morgan fingerprint density at radius 1 is 1.03 bits per heavy atom. The second-order valence-corrected chi connectivity index (χ2v) is 8.12. The van der Waals surface area contributed by atoms with Crippen LogP contribution in [-0.2, 0) is 16.1 Å². The standard InChI is InChI=1S/C24H31ClN2O2/c1-4-8-22(28)27(17-19-11-13-21(25)14-12-19)23(20-9-6-5-7-10-20)24(29)26-16-15-18(2)3/h5-7,9-14,18,23H,4,8,15-17H2,1-3H3,(H,26,29). The van der Waals surface area contributed by atoms with Crippen LogP contribution in [0.1, 0.15) is 57.2 Å². The van der Waals surface area contributed by atoms with Crippen molar-refractivity contribution in [2.45, 2.75) is 52.6 Å². The van der Waals surface area contributed by atoms with Crippen LogP contribution < -0.4 is 5.32 Å². The predicted molar refractivity (Wildman–Crippen MR) is 119 cm³/mol. The van der Waals surface area contributed by atoms with E-state index in [1.807, 2.05) is 49.4 Å². The lowest BCUT2D eigenvalue weighted by Gasteiger charge is -2.32. The molecule has 156 valence electrons. The number of amides is 2. The first-order valence-electron chi connectivity index (χ1n) is 10.3. The summed E-state index contributed by atoms with van der Waals surface area (Å²) in [5.74, 6) is 0.322. The lowest BCUT2D eigenvalue weighted by molar-refractivity contribution is -0.141. The summed E-state index contributed by atoms with van der Waals surface area (Å²) in [7, 11) is 0. The van der Waals surface area contributed by atoms with Gasteiger partial charge in [0.1, 0.15) is 6.04 Å². The molecule has 2 rings (SSSR count). The van der Waals surface area contributed by atoms with E-state index >= 15 is 0 Å². The highest BCUT2D eigenvalue weighted by molar-refractivity contribution is 6.30. The average Bonchev–Trinajstić information content (AvgIpc) is 2.69. The van der Waals surface area contributed by atoms with Gasteiger partial charge in [0.15, 0.2) is 0 Å². The third-order valence-electron chi connectivity index (χ3n) is 4.75. The van der Waals surface area contributed by atoms with E-state index in [9.17, 15) is 9.59 Å². The van der Waals surface area contributed by atoms with Gasteiger partial charge in [0.2, 0.25) is 11.8 Å². The molecule has 0 radical (unpaired) electrons. The van der Waals surface area contributed by atoms with Crippen molar-refractivity contribution < 1.29 is 9.59 Å². The molecule has 2 aromatic rings. The van der Waals surface area contributed by atoms with E-state index in [4.69, 9.17) is 11.6 Å². The highest BCUT2D eigenvalue weighted by Gasteiger charge is 2.30. The number of rotatable bonds is 10. The van der Waals surface area contributed by atoms with Gasteiger partial charge in [-0.2, -0.15) is 0 Å². The van der Waals surface area contributed by atoms with Gasteiger partial charge in [-0.3, -0.25) is 9.59 Å². The summed E-state index contributed by atoms with van der Waals surface area (Å²) >= 11 is 6.01. The van der Waals surface area contributed by atoms with Gasteiger partial charge < -0.3 is 10.2 Å². The zero-order chi connectivity index (χ0) is 21.2. The number of hydrogen-bond acceptors (Lipinski definition) is 2. The Kier molecular flexibility index (Phi) is 9.20. The summed E-state index contributed by atoms with van der Waals surface area (Å²) in [6, 6.07) is 16.2. The smallest absolute Gasteiger partial charge is 0.247 e. The summed E-state index contributed by atoms with van der Waals surface area (Å²) in [6.45, 7) is 7.17. The highest BCUT2D eigenvalue weighted by atomic mass is 35.5. The number of carbonyl (C=O) groups is 2. The molecule has 4 nitrogen and oxygen atoms in total. The Hall–Kier alpha value is -2.33. The van der Waals surface area contributed by atoms with E-state index in [0.29, 0.717) is 30.5 Å². The van der Waals surface area contributed by atoms with E-state index in [1.165, 1.54) is 0 Å².